The summed E-state index contributed by atoms with van der Waals surface area (Å²) in [6, 6.07) is 14.1. The molecule has 0 bridgehead atoms. The van der Waals surface area contributed by atoms with Crippen molar-refractivity contribution in [3.63, 3.8) is 0 Å². The van der Waals surface area contributed by atoms with Crippen LogP contribution in [-0.4, -0.2) is 30.8 Å². The zero-order valence-corrected chi connectivity index (χ0v) is 19.4. The molecule has 0 amide bonds. The van der Waals surface area contributed by atoms with Crippen LogP contribution in [-0.2, 0) is 13.1 Å². The lowest BCUT2D eigenvalue weighted by molar-refractivity contribution is 0.201. The van der Waals surface area contributed by atoms with Gasteiger partial charge in [0, 0.05) is 42.8 Å². The van der Waals surface area contributed by atoms with Gasteiger partial charge in [0.1, 0.15) is 17.7 Å². The molecular weight excluding hydrogens is 438 g/mol. The highest BCUT2D eigenvalue weighted by molar-refractivity contribution is 5.91. The minimum atomic E-state index is 0.313. The van der Waals surface area contributed by atoms with Crippen LogP contribution >= 0.6 is 0 Å². The zero-order valence-electron chi connectivity index (χ0n) is 19.4. The molecule has 1 aliphatic carbocycles. The quantitative estimate of drug-likeness (QED) is 0.351. The van der Waals surface area contributed by atoms with Crippen molar-refractivity contribution in [2.45, 2.75) is 44.9 Å². The summed E-state index contributed by atoms with van der Waals surface area (Å²) in [7, 11) is 0. The number of nitrogens with zero attached hydrogens (tertiary/aromatic N) is 5. The van der Waals surface area contributed by atoms with Crippen molar-refractivity contribution >= 4 is 33.3 Å². The number of benzene rings is 1. The monoisotopic (exact) mass is 465 g/mol. The third kappa shape index (κ3) is 4.59. The third-order valence-electron chi connectivity index (χ3n) is 6.53. The minimum Gasteiger partial charge on any atom is -0.474 e. The molecule has 1 fully saturated rings. The van der Waals surface area contributed by atoms with E-state index in [2.05, 4.69) is 38.5 Å². The van der Waals surface area contributed by atoms with Crippen LogP contribution in [0.2, 0.25) is 0 Å². The number of pyridine rings is 3. The molecule has 0 atom stereocenters. The number of nitrogens with two attached hydrogens (primary N) is 1. The minimum absolute atomic E-state index is 0.313. The van der Waals surface area contributed by atoms with Crippen molar-refractivity contribution in [3.8, 4) is 5.88 Å². The molecule has 0 spiro atoms. The standard InChI is InChI=1S/C27H27N7O/c28-26-22-7-5-18(13-20(22)9-11-29-26)14-32-27-23-17-34(33-24(23)10-12-30-27)16-19-6-8-25(31-15-19)35-21-3-1-2-4-21/h5-13,15,17,21H,1-4,14,16H2,(H2,28,29)(H,30,32). The molecule has 6 rings (SSSR count). The number of nitrogens with one attached hydrogen (secondary N) is 1. The van der Waals surface area contributed by atoms with Gasteiger partial charge in [-0.1, -0.05) is 18.2 Å². The molecule has 0 radical (unpaired) electrons. The number of anilines is 2. The zero-order chi connectivity index (χ0) is 23.6. The van der Waals surface area contributed by atoms with Crippen LogP contribution in [0.25, 0.3) is 21.7 Å². The van der Waals surface area contributed by atoms with Crippen molar-refractivity contribution in [1.82, 2.24) is 24.7 Å². The van der Waals surface area contributed by atoms with E-state index >= 15 is 0 Å². The maximum Gasteiger partial charge on any atom is 0.213 e. The fourth-order valence-electron chi connectivity index (χ4n) is 4.70. The average Bonchev–Trinajstić information content (AvgIpc) is 3.54. The summed E-state index contributed by atoms with van der Waals surface area (Å²) in [6.45, 7) is 1.27. The van der Waals surface area contributed by atoms with E-state index in [4.69, 9.17) is 15.6 Å². The molecule has 35 heavy (non-hydrogen) atoms. The molecule has 0 aliphatic heterocycles. The number of ether oxygens (including phenoxy) is 1. The summed E-state index contributed by atoms with van der Waals surface area (Å²) in [5.74, 6) is 2.06. The Hall–Kier alpha value is -4.20. The topological polar surface area (TPSA) is 104 Å². The van der Waals surface area contributed by atoms with E-state index < -0.39 is 0 Å². The van der Waals surface area contributed by atoms with Crippen molar-refractivity contribution in [2.75, 3.05) is 11.1 Å². The van der Waals surface area contributed by atoms with Gasteiger partial charge in [0.15, 0.2) is 0 Å². The number of aromatic nitrogens is 5. The van der Waals surface area contributed by atoms with Crippen LogP contribution in [0.5, 0.6) is 5.88 Å². The van der Waals surface area contributed by atoms with E-state index in [1.165, 1.54) is 12.8 Å². The maximum atomic E-state index is 5.98. The van der Waals surface area contributed by atoms with Gasteiger partial charge in [-0.3, -0.25) is 4.68 Å². The molecule has 0 unspecified atom stereocenters. The van der Waals surface area contributed by atoms with E-state index in [-0.39, 0.29) is 0 Å². The molecule has 8 heteroatoms. The fraction of sp³-hybridized carbons (Fsp3) is 0.259. The maximum absolute atomic E-state index is 5.98. The van der Waals surface area contributed by atoms with Crippen molar-refractivity contribution in [3.05, 3.63) is 78.4 Å². The average molecular weight is 466 g/mol. The first-order chi connectivity index (χ1) is 17.2. The lowest BCUT2D eigenvalue weighted by Gasteiger charge is -2.12. The Kier molecular flexibility index (Phi) is 5.62. The normalized spacial score (nSPS) is 14.1. The first-order valence-corrected chi connectivity index (χ1v) is 12.0. The summed E-state index contributed by atoms with van der Waals surface area (Å²) in [5, 5.41) is 11.2. The molecule has 1 aliphatic rings. The first-order valence-electron chi connectivity index (χ1n) is 12.0. The summed E-state index contributed by atoms with van der Waals surface area (Å²) in [5.41, 5.74) is 9.08. The Labute approximate surface area is 203 Å². The second kappa shape index (κ2) is 9.21. The van der Waals surface area contributed by atoms with Crippen molar-refractivity contribution in [1.29, 1.82) is 0 Å². The van der Waals surface area contributed by atoms with Gasteiger partial charge in [0.05, 0.1) is 17.4 Å². The van der Waals surface area contributed by atoms with Gasteiger partial charge in [0.25, 0.3) is 0 Å². The largest absolute Gasteiger partial charge is 0.474 e. The molecule has 1 aromatic carbocycles. The lowest BCUT2D eigenvalue weighted by Crippen LogP contribution is -2.11. The van der Waals surface area contributed by atoms with Gasteiger partial charge >= 0.3 is 0 Å². The smallest absolute Gasteiger partial charge is 0.213 e. The molecule has 0 saturated heterocycles. The summed E-state index contributed by atoms with van der Waals surface area (Å²) in [4.78, 5) is 13.2. The first kappa shape index (κ1) is 21.3. The second-order valence-corrected chi connectivity index (χ2v) is 9.05. The van der Waals surface area contributed by atoms with E-state index in [1.54, 1.807) is 12.4 Å². The number of hydrogen-bond acceptors (Lipinski definition) is 7. The van der Waals surface area contributed by atoms with Crippen LogP contribution in [0.15, 0.2) is 67.3 Å². The molecule has 4 aromatic heterocycles. The van der Waals surface area contributed by atoms with Crippen LogP contribution in [0, 0.1) is 0 Å². The molecular formula is C27H27N7O. The SMILES string of the molecule is Nc1nccc2cc(CNc3nccc4nn(Cc5ccc(OC6CCCC6)nc5)cc34)ccc12. The molecule has 8 nitrogen and oxygen atoms in total. The van der Waals surface area contributed by atoms with E-state index in [0.717, 1.165) is 51.5 Å². The van der Waals surface area contributed by atoms with Gasteiger partial charge in [0.2, 0.25) is 5.88 Å². The lowest BCUT2D eigenvalue weighted by atomic mass is 10.1. The Morgan fingerprint density at radius 3 is 2.66 bits per heavy atom. The van der Waals surface area contributed by atoms with E-state index in [1.807, 2.05) is 41.3 Å². The Bertz CT molecular complexity index is 1470. The van der Waals surface area contributed by atoms with Gasteiger partial charge in [-0.05, 0) is 60.4 Å². The second-order valence-electron chi connectivity index (χ2n) is 9.05. The summed E-state index contributed by atoms with van der Waals surface area (Å²) >= 11 is 0. The third-order valence-corrected chi connectivity index (χ3v) is 6.53. The highest BCUT2D eigenvalue weighted by Gasteiger charge is 2.17. The van der Waals surface area contributed by atoms with E-state index in [0.29, 0.717) is 30.9 Å². The van der Waals surface area contributed by atoms with Crippen LogP contribution < -0.4 is 15.8 Å². The predicted octanol–water partition coefficient (Wildman–Crippen LogP) is 4.94. The molecule has 1 saturated carbocycles. The Morgan fingerprint density at radius 1 is 0.943 bits per heavy atom. The summed E-state index contributed by atoms with van der Waals surface area (Å²) in [6.07, 6.45) is 12.5. The van der Waals surface area contributed by atoms with Crippen molar-refractivity contribution < 1.29 is 4.74 Å². The highest BCUT2D eigenvalue weighted by atomic mass is 16.5. The van der Waals surface area contributed by atoms with Gasteiger partial charge in [-0.25, -0.2) is 15.0 Å². The van der Waals surface area contributed by atoms with E-state index in [9.17, 15) is 0 Å². The number of hydrogen-bond donors (Lipinski definition) is 2. The Balaban J connectivity index is 1.16. The van der Waals surface area contributed by atoms with Gasteiger partial charge < -0.3 is 15.8 Å². The fourth-order valence-corrected chi connectivity index (χ4v) is 4.70. The number of rotatable bonds is 7. The van der Waals surface area contributed by atoms with Crippen molar-refractivity contribution in [2.24, 2.45) is 0 Å². The predicted molar refractivity (Wildman–Crippen MR) is 137 cm³/mol. The number of nitrogen functional groups attached to an aromatic ring is 1. The highest BCUT2D eigenvalue weighted by Crippen LogP contribution is 2.25. The molecule has 4 heterocycles. The Morgan fingerprint density at radius 2 is 1.80 bits per heavy atom. The molecule has 5 aromatic rings. The number of fused-ring (bicyclic) bond motifs is 2. The molecule has 3 N–H and O–H groups in total. The van der Waals surface area contributed by atoms with Crippen LogP contribution in [0.1, 0.15) is 36.8 Å². The molecule has 176 valence electrons. The van der Waals surface area contributed by atoms with Gasteiger partial charge in [-0.2, -0.15) is 5.10 Å². The van der Waals surface area contributed by atoms with Gasteiger partial charge in [-0.15, -0.1) is 0 Å². The van der Waals surface area contributed by atoms with Crippen LogP contribution in [0.3, 0.4) is 0 Å². The summed E-state index contributed by atoms with van der Waals surface area (Å²) < 4.78 is 7.91. The van der Waals surface area contributed by atoms with Crippen LogP contribution in [0.4, 0.5) is 11.6 Å².